The number of furan rings is 1. The van der Waals surface area contributed by atoms with Crippen molar-refractivity contribution in [2.24, 2.45) is 0 Å². The molecule has 9 heteroatoms. The van der Waals surface area contributed by atoms with E-state index in [1.807, 2.05) is 6.92 Å². The second kappa shape index (κ2) is 6.91. The van der Waals surface area contributed by atoms with Crippen LogP contribution in [0.3, 0.4) is 0 Å². The van der Waals surface area contributed by atoms with E-state index in [0.29, 0.717) is 12.3 Å². The van der Waals surface area contributed by atoms with Crippen molar-refractivity contribution in [2.45, 2.75) is 18.4 Å². The van der Waals surface area contributed by atoms with Crippen molar-refractivity contribution < 1.29 is 12.8 Å². The zero-order chi connectivity index (χ0) is 15.5. The minimum absolute atomic E-state index is 0.0418. The molecule has 0 unspecified atom stereocenters. The molecule has 2 heterocycles. The van der Waals surface area contributed by atoms with Gasteiger partial charge in [0.1, 0.15) is 16.5 Å². The van der Waals surface area contributed by atoms with Gasteiger partial charge in [-0.25, -0.2) is 13.4 Å². The molecule has 21 heavy (non-hydrogen) atoms. The summed E-state index contributed by atoms with van der Waals surface area (Å²) >= 11 is 6.37. The van der Waals surface area contributed by atoms with Crippen LogP contribution in [0, 0.1) is 0 Å². The molecule has 0 aromatic carbocycles. The monoisotopic (exact) mass is 437 g/mol. The Morgan fingerprint density at radius 2 is 2.10 bits per heavy atom. The van der Waals surface area contributed by atoms with E-state index in [4.69, 9.17) is 4.42 Å². The Kier molecular flexibility index (Phi) is 5.42. The first-order valence-electron chi connectivity index (χ1n) is 6.05. The summed E-state index contributed by atoms with van der Waals surface area (Å²) in [6.07, 6.45) is 1.51. The number of nitrogens with zero attached hydrogens (tertiary/aromatic N) is 1. The van der Waals surface area contributed by atoms with Gasteiger partial charge in [-0.2, -0.15) is 0 Å². The first-order chi connectivity index (χ1) is 9.92. The van der Waals surface area contributed by atoms with Gasteiger partial charge >= 0.3 is 0 Å². The highest BCUT2D eigenvalue weighted by atomic mass is 79.9. The molecule has 0 saturated heterocycles. The van der Waals surface area contributed by atoms with Crippen LogP contribution in [0.5, 0.6) is 0 Å². The quantitative estimate of drug-likeness (QED) is 0.723. The van der Waals surface area contributed by atoms with Gasteiger partial charge in [0, 0.05) is 16.7 Å². The highest BCUT2D eigenvalue weighted by Gasteiger charge is 2.23. The minimum Gasteiger partial charge on any atom is -0.451 e. The van der Waals surface area contributed by atoms with Gasteiger partial charge in [0.15, 0.2) is 4.67 Å². The molecular formula is C12H13Br2N3O3S. The van der Waals surface area contributed by atoms with Crippen molar-refractivity contribution in [3.8, 4) is 0 Å². The van der Waals surface area contributed by atoms with Crippen molar-refractivity contribution in [3.63, 3.8) is 0 Å². The lowest BCUT2D eigenvalue weighted by atomic mass is 10.4. The van der Waals surface area contributed by atoms with Crippen LogP contribution in [0.25, 0.3) is 0 Å². The SMILES string of the molecule is CCNCc1cc(S(=O)(=O)Nc2ccc(Br)cn2)c(Br)o1. The summed E-state index contributed by atoms with van der Waals surface area (Å²) in [7, 11) is -3.76. The molecule has 0 atom stereocenters. The van der Waals surface area contributed by atoms with Crippen molar-refractivity contribution in [2.75, 3.05) is 11.3 Å². The molecule has 0 bridgehead atoms. The Morgan fingerprint density at radius 3 is 2.71 bits per heavy atom. The zero-order valence-electron chi connectivity index (χ0n) is 11.1. The average molecular weight is 439 g/mol. The molecule has 0 amide bonds. The largest absolute Gasteiger partial charge is 0.451 e. The first-order valence-corrected chi connectivity index (χ1v) is 9.12. The Morgan fingerprint density at radius 1 is 1.33 bits per heavy atom. The van der Waals surface area contributed by atoms with Gasteiger partial charge in [0.2, 0.25) is 0 Å². The maximum Gasteiger partial charge on any atom is 0.267 e. The first kappa shape index (κ1) is 16.5. The number of pyridine rings is 1. The van der Waals surface area contributed by atoms with Crippen molar-refractivity contribution in [1.29, 1.82) is 0 Å². The molecule has 2 aromatic rings. The maximum absolute atomic E-state index is 12.3. The van der Waals surface area contributed by atoms with Crippen LogP contribution in [-0.4, -0.2) is 19.9 Å². The molecule has 0 spiro atoms. The Hall–Kier alpha value is -0.900. The molecule has 0 saturated carbocycles. The number of rotatable bonds is 6. The molecule has 0 radical (unpaired) electrons. The number of aromatic nitrogens is 1. The zero-order valence-corrected chi connectivity index (χ0v) is 15.0. The van der Waals surface area contributed by atoms with Gasteiger partial charge in [-0.3, -0.25) is 4.72 Å². The maximum atomic E-state index is 12.3. The summed E-state index contributed by atoms with van der Waals surface area (Å²) in [5, 5.41) is 3.07. The summed E-state index contributed by atoms with van der Waals surface area (Å²) in [6, 6.07) is 4.75. The molecule has 0 aliphatic heterocycles. The predicted molar refractivity (Wildman–Crippen MR) is 86.5 cm³/mol. The third-order valence-electron chi connectivity index (χ3n) is 2.51. The Labute approximate surface area is 139 Å². The smallest absolute Gasteiger partial charge is 0.267 e. The van der Waals surface area contributed by atoms with E-state index in [1.54, 1.807) is 12.1 Å². The van der Waals surface area contributed by atoms with E-state index in [1.165, 1.54) is 12.3 Å². The fourth-order valence-electron chi connectivity index (χ4n) is 1.55. The van der Waals surface area contributed by atoms with E-state index in [2.05, 4.69) is 46.9 Å². The topological polar surface area (TPSA) is 84.2 Å². The summed E-state index contributed by atoms with van der Waals surface area (Å²) in [4.78, 5) is 4.02. The second-order valence-electron chi connectivity index (χ2n) is 4.10. The number of sulfonamides is 1. The summed E-state index contributed by atoms with van der Waals surface area (Å²) < 4.78 is 33.3. The van der Waals surface area contributed by atoms with Crippen LogP contribution < -0.4 is 10.0 Å². The summed E-state index contributed by atoms with van der Waals surface area (Å²) in [6.45, 7) is 3.18. The van der Waals surface area contributed by atoms with Gasteiger partial charge in [-0.15, -0.1) is 0 Å². The molecule has 2 rings (SSSR count). The van der Waals surface area contributed by atoms with E-state index in [0.717, 1.165) is 11.0 Å². The molecule has 6 nitrogen and oxygen atoms in total. The average Bonchev–Trinajstić information content (AvgIpc) is 2.81. The molecule has 0 aliphatic carbocycles. The van der Waals surface area contributed by atoms with Gasteiger partial charge in [0.05, 0.1) is 6.54 Å². The minimum atomic E-state index is -3.76. The molecule has 2 N–H and O–H groups in total. The second-order valence-corrected chi connectivity index (χ2v) is 7.38. The Bertz CT molecular complexity index is 714. The van der Waals surface area contributed by atoms with Crippen molar-refractivity contribution >= 4 is 47.7 Å². The normalized spacial score (nSPS) is 11.6. The third-order valence-corrected chi connectivity index (χ3v) is 5.19. The fourth-order valence-corrected chi connectivity index (χ4v) is 3.79. The van der Waals surface area contributed by atoms with Crippen LogP contribution in [-0.2, 0) is 16.6 Å². The molecule has 0 aliphatic rings. The van der Waals surface area contributed by atoms with Crippen LogP contribution in [0.2, 0.25) is 0 Å². The van der Waals surface area contributed by atoms with Gasteiger partial charge in [0.25, 0.3) is 10.0 Å². The number of halogens is 2. The molecule has 0 fully saturated rings. The number of nitrogens with one attached hydrogen (secondary N) is 2. The van der Waals surface area contributed by atoms with E-state index in [-0.39, 0.29) is 15.4 Å². The van der Waals surface area contributed by atoms with Gasteiger partial charge in [-0.1, -0.05) is 6.92 Å². The van der Waals surface area contributed by atoms with Crippen molar-refractivity contribution in [3.05, 3.63) is 39.3 Å². The molecular weight excluding hydrogens is 426 g/mol. The lowest BCUT2D eigenvalue weighted by Gasteiger charge is -2.05. The lowest BCUT2D eigenvalue weighted by Crippen LogP contribution is -2.14. The molecule has 2 aromatic heterocycles. The molecule has 114 valence electrons. The number of hydrogen-bond acceptors (Lipinski definition) is 5. The third kappa shape index (κ3) is 4.29. The summed E-state index contributed by atoms with van der Waals surface area (Å²) in [5.74, 6) is 0.771. The number of anilines is 1. The summed E-state index contributed by atoms with van der Waals surface area (Å²) in [5.41, 5.74) is 0. The number of hydrogen-bond donors (Lipinski definition) is 2. The van der Waals surface area contributed by atoms with Crippen molar-refractivity contribution in [1.82, 2.24) is 10.3 Å². The fraction of sp³-hybridized carbons (Fsp3) is 0.250. The van der Waals surface area contributed by atoms with Gasteiger partial charge in [-0.05, 0) is 50.5 Å². The predicted octanol–water partition coefficient (Wildman–Crippen LogP) is 3.11. The van der Waals surface area contributed by atoms with Crippen LogP contribution in [0.15, 0.2) is 42.9 Å². The van der Waals surface area contributed by atoms with E-state index < -0.39 is 10.0 Å². The van der Waals surface area contributed by atoms with E-state index in [9.17, 15) is 8.42 Å². The standard InChI is InChI=1S/C12H13Br2N3O3S/c1-2-15-7-9-5-10(12(14)20-9)21(18,19)17-11-4-3-8(13)6-16-11/h3-6,15H,2,7H2,1H3,(H,16,17). The van der Waals surface area contributed by atoms with Crippen LogP contribution >= 0.6 is 31.9 Å². The van der Waals surface area contributed by atoms with Crippen LogP contribution in [0.1, 0.15) is 12.7 Å². The lowest BCUT2D eigenvalue weighted by molar-refractivity contribution is 0.464. The van der Waals surface area contributed by atoms with Crippen LogP contribution in [0.4, 0.5) is 5.82 Å². The van der Waals surface area contributed by atoms with Gasteiger partial charge < -0.3 is 9.73 Å². The highest BCUT2D eigenvalue weighted by Crippen LogP contribution is 2.27. The van der Waals surface area contributed by atoms with E-state index >= 15 is 0 Å². The Balaban J connectivity index is 2.22. The highest BCUT2D eigenvalue weighted by molar-refractivity contribution is 9.10.